The molecule has 3 nitrogen and oxygen atoms in total. The van der Waals surface area contributed by atoms with Crippen molar-refractivity contribution in [1.82, 2.24) is 0 Å². The topological polar surface area (TPSA) is 38.7 Å². The maximum atomic E-state index is 11.9. The Labute approximate surface area is 238 Å². The molecule has 0 fully saturated rings. The smallest absolute Gasteiger partial charge is 0.192 e. The van der Waals surface area contributed by atoms with Gasteiger partial charge in [0, 0.05) is 39.6 Å². The van der Waals surface area contributed by atoms with Gasteiger partial charge in [0.25, 0.3) is 0 Å². The Morgan fingerprint density at radius 1 is 0.825 bits per heavy atom. The van der Waals surface area contributed by atoms with Crippen LogP contribution in [0.4, 0.5) is 0 Å². The Bertz CT molecular complexity index is 1840. The van der Waals surface area contributed by atoms with Crippen LogP contribution in [0.25, 0.3) is 28.0 Å². The van der Waals surface area contributed by atoms with E-state index < -0.39 is 10.7 Å². The third-order valence-corrected chi connectivity index (χ3v) is 9.09. The summed E-state index contributed by atoms with van der Waals surface area (Å²) < 4.78 is 13.3. The minimum atomic E-state index is -1.68. The van der Waals surface area contributed by atoms with Gasteiger partial charge in [-0.15, -0.1) is 0 Å². The first-order valence-corrected chi connectivity index (χ1v) is 14.1. The van der Waals surface area contributed by atoms with E-state index in [1.165, 1.54) is 11.1 Å². The molecule has 0 spiro atoms. The van der Waals surface area contributed by atoms with Crippen molar-refractivity contribution in [2.24, 2.45) is 0 Å². The molecule has 40 heavy (non-hydrogen) atoms. The molecule has 0 saturated heterocycles. The quantitative estimate of drug-likeness (QED) is 0.229. The zero-order valence-corrected chi connectivity index (χ0v) is 23.0. The number of halogens is 1. The zero-order chi connectivity index (χ0) is 27.2. The minimum absolute atomic E-state index is 0.656. The van der Waals surface area contributed by atoms with Gasteiger partial charge in [0.2, 0.25) is 0 Å². The molecule has 8 rings (SSSR count). The number of hydrogen-bond acceptors (Lipinski definition) is 3. The van der Waals surface area contributed by atoms with Crippen molar-refractivity contribution >= 4 is 28.4 Å². The third kappa shape index (κ3) is 3.16. The van der Waals surface area contributed by atoms with Crippen molar-refractivity contribution in [2.75, 3.05) is 6.61 Å². The Morgan fingerprint density at radius 3 is 2.20 bits per heavy atom. The first-order valence-electron chi connectivity index (χ1n) is 13.7. The molecule has 0 saturated carbocycles. The van der Waals surface area contributed by atoms with Crippen molar-refractivity contribution in [2.45, 2.75) is 30.9 Å². The third-order valence-electron chi connectivity index (χ3n) is 8.70. The second-order valence-electron chi connectivity index (χ2n) is 11.2. The second kappa shape index (κ2) is 8.23. The molecule has 5 aromatic rings. The molecular weight excluding hydrogens is 516 g/mol. The monoisotopic (exact) mass is 542 g/mol. The highest BCUT2D eigenvalue weighted by atomic mass is 35.5. The van der Waals surface area contributed by atoms with Crippen LogP contribution in [0, 0.1) is 13.8 Å². The van der Waals surface area contributed by atoms with E-state index >= 15 is 0 Å². The van der Waals surface area contributed by atoms with Gasteiger partial charge >= 0.3 is 0 Å². The fourth-order valence-corrected chi connectivity index (χ4v) is 7.00. The summed E-state index contributed by atoms with van der Waals surface area (Å²) in [7, 11) is 0. The van der Waals surface area contributed by atoms with Gasteiger partial charge < -0.3 is 14.6 Å². The van der Waals surface area contributed by atoms with Crippen molar-refractivity contribution < 1.29 is 14.6 Å². The van der Waals surface area contributed by atoms with Crippen molar-refractivity contribution in [3.05, 3.63) is 136 Å². The summed E-state index contributed by atoms with van der Waals surface area (Å²) in [5.74, 6) is 1.58. The molecule has 1 N–H and O–H groups in total. The van der Waals surface area contributed by atoms with E-state index in [2.05, 4.69) is 86.7 Å². The van der Waals surface area contributed by atoms with Gasteiger partial charge in [-0.2, -0.15) is 0 Å². The van der Waals surface area contributed by atoms with E-state index in [0.29, 0.717) is 23.5 Å². The molecule has 0 amide bonds. The summed E-state index contributed by atoms with van der Waals surface area (Å²) in [5.41, 5.74) is 8.79. The van der Waals surface area contributed by atoms with Gasteiger partial charge in [0.15, 0.2) is 10.7 Å². The summed E-state index contributed by atoms with van der Waals surface area (Å²) in [5, 5.41) is 12.2. The zero-order valence-electron chi connectivity index (χ0n) is 22.3. The summed E-state index contributed by atoms with van der Waals surface area (Å²) in [4.78, 5) is 0. The molecule has 196 valence electrons. The Hall–Kier alpha value is -4.05. The average molecular weight is 543 g/mol. The molecule has 0 bridgehead atoms. The molecule has 3 aliphatic rings. The fraction of sp³-hybridized carbons (Fsp3) is 0.167. The summed E-state index contributed by atoms with van der Waals surface area (Å²) >= 11 is 7.06. The van der Waals surface area contributed by atoms with Gasteiger partial charge in [-0.1, -0.05) is 102 Å². The van der Waals surface area contributed by atoms with Crippen LogP contribution < -0.4 is 9.47 Å². The van der Waals surface area contributed by atoms with Crippen molar-refractivity contribution in [3.63, 3.8) is 0 Å². The van der Waals surface area contributed by atoms with Crippen molar-refractivity contribution in [3.8, 4) is 22.6 Å². The lowest BCUT2D eigenvalue weighted by atomic mass is 9.81. The van der Waals surface area contributed by atoms with Gasteiger partial charge in [-0.05, 0) is 54.1 Å². The normalized spacial score (nSPS) is 19.4. The molecule has 1 atom stereocenters. The number of ether oxygens (including phenoxy) is 2. The Kier molecular flexibility index (Phi) is 4.90. The minimum Gasteiger partial charge on any atom is -0.493 e. The lowest BCUT2D eigenvalue weighted by molar-refractivity contribution is 0.158. The van der Waals surface area contributed by atoms with Crippen LogP contribution in [0.5, 0.6) is 11.5 Å². The molecular formula is C36H27ClO3. The number of hydrogen-bond donors (Lipinski definition) is 1. The molecule has 5 aromatic carbocycles. The lowest BCUT2D eigenvalue weighted by Crippen LogP contribution is -2.35. The SMILES string of the molecule is Cc1ccc(C2(c3ccc(C)cc3)C=Cc3c4c(c5cc6c(cc5c3O2)OCC6)-c2ccccc2C4(O)Cl)cc1. The van der Waals surface area contributed by atoms with E-state index in [4.69, 9.17) is 21.1 Å². The van der Waals surface area contributed by atoms with E-state index in [9.17, 15) is 5.11 Å². The number of fused-ring (bicyclic) bond motifs is 9. The van der Waals surface area contributed by atoms with Crippen LogP contribution in [0.1, 0.15) is 44.5 Å². The van der Waals surface area contributed by atoms with E-state index in [1.54, 1.807) is 0 Å². The van der Waals surface area contributed by atoms with Gasteiger partial charge in [-0.3, -0.25) is 0 Å². The highest BCUT2D eigenvalue weighted by Crippen LogP contribution is 2.59. The first kappa shape index (κ1) is 23.8. The predicted molar refractivity (Wildman–Crippen MR) is 160 cm³/mol. The summed E-state index contributed by atoms with van der Waals surface area (Å²) in [6.07, 6.45) is 5.04. The average Bonchev–Trinajstić information content (AvgIpc) is 3.52. The van der Waals surface area contributed by atoms with E-state index in [1.807, 2.05) is 24.3 Å². The summed E-state index contributed by atoms with van der Waals surface area (Å²) in [6.45, 7) is 4.83. The maximum absolute atomic E-state index is 11.9. The number of aliphatic hydroxyl groups is 1. The molecule has 4 heteroatoms. The fourth-order valence-electron chi connectivity index (χ4n) is 6.64. The molecule has 1 unspecified atom stereocenters. The number of alkyl halides is 1. The largest absolute Gasteiger partial charge is 0.493 e. The molecule has 2 heterocycles. The van der Waals surface area contributed by atoms with Gasteiger partial charge in [0.1, 0.15) is 11.5 Å². The van der Waals surface area contributed by atoms with Gasteiger partial charge in [0.05, 0.1) is 6.61 Å². The highest BCUT2D eigenvalue weighted by Gasteiger charge is 2.47. The number of benzene rings is 5. The second-order valence-corrected chi connectivity index (χ2v) is 11.7. The Morgan fingerprint density at radius 2 is 1.50 bits per heavy atom. The standard InChI is InChI=1S/C36H27ClO3/c1-21-7-11-24(12-8-21)35(25-13-9-22(2)10-14-25)17-15-27-33-32(26-5-3-4-6-30(26)36(33,37)38)28-19-23-16-18-39-31(23)20-29(28)34(27)40-35/h3-15,17,19-20,38H,16,18H2,1-2H3. The molecule has 0 aromatic heterocycles. The van der Waals surface area contributed by atoms with Gasteiger partial charge in [-0.25, -0.2) is 0 Å². The van der Waals surface area contributed by atoms with E-state index in [0.717, 1.165) is 56.3 Å². The van der Waals surface area contributed by atoms with Crippen LogP contribution in [0.2, 0.25) is 0 Å². The molecule has 1 aliphatic carbocycles. The maximum Gasteiger partial charge on any atom is 0.192 e. The summed E-state index contributed by atoms with van der Waals surface area (Å²) in [6, 6.07) is 29.2. The van der Waals surface area contributed by atoms with Crippen LogP contribution in [0.15, 0.2) is 91.0 Å². The van der Waals surface area contributed by atoms with Crippen LogP contribution in [0.3, 0.4) is 0 Å². The highest BCUT2D eigenvalue weighted by molar-refractivity contribution is 6.29. The predicted octanol–water partition coefficient (Wildman–Crippen LogP) is 8.15. The van der Waals surface area contributed by atoms with Crippen LogP contribution >= 0.6 is 11.6 Å². The molecule has 0 radical (unpaired) electrons. The number of aryl methyl sites for hydroxylation is 2. The molecule has 2 aliphatic heterocycles. The first-order chi connectivity index (χ1) is 19.4. The van der Waals surface area contributed by atoms with Crippen LogP contribution in [-0.4, -0.2) is 11.7 Å². The lowest BCUT2D eigenvalue weighted by Gasteiger charge is -2.38. The van der Waals surface area contributed by atoms with E-state index in [-0.39, 0.29) is 0 Å². The van der Waals surface area contributed by atoms with Crippen molar-refractivity contribution in [1.29, 1.82) is 0 Å². The Balaban J connectivity index is 1.47. The van der Waals surface area contributed by atoms with Crippen LogP contribution in [-0.2, 0) is 17.1 Å². The number of rotatable bonds is 2.